The summed E-state index contributed by atoms with van der Waals surface area (Å²) in [5, 5.41) is 1.17. The Bertz CT molecular complexity index is 1750. The fourth-order valence-electron chi connectivity index (χ4n) is 4.43. The Labute approximate surface area is 262 Å². The lowest BCUT2D eigenvalue weighted by atomic mass is 10.1. The number of amides is 1. The Balaban J connectivity index is 1.29. The van der Waals surface area contributed by atoms with Gasteiger partial charge in [0, 0.05) is 16.6 Å². The number of aryl methyl sites for hydroxylation is 1. The molecule has 4 aromatic rings. The maximum absolute atomic E-state index is 13.2. The normalized spacial score (nSPS) is 14.1. The summed E-state index contributed by atoms with van der Waals surface area (Å²) in [5.74, 6) is 1.12. The quantitative estimate of drug-likeness (QED) is 0.0804. The molecule has 0 unspecified atom stereocenters. The highest BCUT2D eigenvalue weighted by atomic mass is 35.5. The smallest absolute Gasteiger partial charge is 0.355 e. The van der Waals surface area contributed by atoms with E-state index in [0.29, 0.717) is 54.9 Å². The molecule has 0 radical (unpaired) electrons. The average molecular weight is 640 g/mol. The van der Waals surface area contributed by atoms with Gasteiger partial charge >= 0.3 is 5.97 Å². The van der Waals surface area contributed by atoms with Crippen LogP contribution in [0.1, 0.15) is 26.4 Å². The number of ether oxygens (including phenoxy) is 4. The summed E-state index contributed by atoms with van der Waals surface area (Å²) in [6.45, 7) is 2.41. The van der Waals surface area contributed by atoms with Gasteiger partial charge in [0.2, 0.25) is 0 Å². The zero-order chi connectivity index (χ0) is 30.0. The van der Waals surface area contributed by atoms with Crippen LogP contribution in [0, 0.1) is 6.92 Å². The number of fused-ring (bicyclic) bond motifs is 1. The number of nitrogens with zero attached hydrogens (tertiary/aromatic N) is 1. The third-order valence-corrected chi connectivity index (χ3v) is 9.62. The molecule has 1 saturated heterocycles. The SMILES string of the molecule is COc1ccc(CCN2C(=O)C(=Cc3ccc(OC(=O)c4sc5cc(C)ccc5c4Cl)c(OC)c3)SC2=S)cc1OC. The van der Waals surface area contributed by atoms with E-state index < -0.39 is 5.97 Å². The van der Waals surface area contributed by atoms with Crippen molar-refractivity contribution < 1.29 is 28.5 Å². The molecule has 0 spiro atoms. The first-order valence-corrected chi connectivity index (χ1v) is 15.2. The summed E-state index contributed by atoms with van der Waals surface area (Å²) < 4.78 is 23.2. The van der Waals surface area contributed by atoms with Crippen molar-refractivity contribution in [3.05, 3.63) is 86.1 Å². The molecular formula is C31H26ClNO6S3. The Morgan fingerprint density at radius 2 is 1.67 bits per heavy atom. The van der Waals surface area contributed by atoms with Gasteiger partial charge in [0.15, 0.2) is 23.0 Å². The Hall–Kier alpha value is -3.57. The van der Waals surface area contributed by atoms with E-state index in [2.05, 4.69) is 0 Å². The number of hydrogen-bond donors (Lipinski definition) is 0. The topological polar surface area (TPSA) is 74.3 Å². The van der Waals surface area contributed by atoms with Crippen LogP contribution in [0.2, 0.25) is 5.02 Å². The average Bonchev–Trinajstić information content (AvgIpc) is 3.45. The number of esters is 1. The van der Waals surface area contributed by atoms with Gasteiger partial charge in [-0.2, -0.15) is 0 Å². The number of hydrogen-bond acceptors (Lipinski definition) is 9. The van der Waals surface area contributed by atoms with Crippen LogP contribution in [-0.4, -0.2) is 49.0 Å². The first kappa shape index (κ1) is 29.9. The van der Waals surface area contributed by atoms with Gasteiger partial charge in [0.1, 0.15) is 9.20 Å². The monoisotopic (exact) mass is 639 g/mol. The minimum Gasteiger partial charge on any atom is -0.493 e. The van der Waals surface area contributed by atoms with Crippen molar-refractivity contribution in [1.82, 2.24) is 4.90 Å². The summed E-state index contributed by atoms with van der Waals surface area (Å²) >= 11 is 14.5. The van der Waals surface area contributed by atoms with Crippen LogP contribution in [-0.2, 0) is 11.2 Å². The molecule has 2 heterocycles. The summed E-state index contributed by atoms with van der Waals surface area (Å²) in [5.41, 5.74) is 2.77. The van der Waals surface area contributed by atoms with Crippen LogP contribution in [0.4, 0.5) is 0 Å². The van der Waals surface area contributed by atoms with Crippen molar-refractivity contribution >= 4 is 79.3 Å². The fraction of sp³-hybridized carbons (Fsp3) is 0.194. The van der Waals surface area contributed by atoms with E-state index in [0.717, 1.165) is 21.2 Å². The van der Waals surface area contributed by atoms with E-state index in [1.165, 1.54) is 30.2 Å². The van der Waals surface area contributed by atoms with Gasteiger partial charge in [0.25, 0.3) is 5.91 Å². The third kappa shape index (κ3) is 6.12. The molecule has 1 fully saturated rings. The van der Waals surface area contributed by atoms with Crippen LogP contribution >= 0.6 is 46.9 Å². The number of benzene rings is 3. The molecule has 216 valence electrons. The zero-order valence-electron chi connectivity index (χ0n) is 23.2. The first-order chi connectivity index (χ1) is 20.2. The molecule has 1 aliphatic heterocycles. The number of carbonyl (C=O) groups is 2. The molecule has 1 aromatic heterocycles. The second kappa shape index (κ2) is 12.7. The lowest BCUT2D eigenvalue weighted by Crippen LogP contribution is -2.30. The Morgan fingerprint density at radius 1 is 0.952 bits per heavy atom. The van der Waals surface area contributed by atoms with E-state index >= 15 is 0 Å². The number of thiophene rings is 1. The standard InChI is InChI=1S/C31H26ClNO6S3/c1-17-5-8-20-25(13-17)41-28(27(20)32)30(35)39-22-10-7-19(15-24(22)38-4)16-26-29(34)33(31(40)42-26)12-11-18-6-9-21(36-2)23(14-18)37-3/h5-10,13-16H,11-12H2,1-4H3. The van der Waals surface area contributed by atoms with Crippen LogP contribution in [0.5, 0.6) is 23.0 Å². The van der Waals surface area contributed by atoms with E-state index in [9.17, 15) is 9.59 Å². The Kier molecular flexibility index (Phi) is 9.08. The van der Waals surface area contributed by atoms with Gasteiger partial charge in [-0.05, 0) is 66.4 Å². The van der Waals surface area contributed by atoms with Crippen LogP contribution in [0.3, 0.4) is 0 Å². The maximum atomic E-state index is 13.2. The molecule has 0 aliphatic carbocycles. The van der Waals surface area contributed by atoms with Crippen molar-refractivity contribution in [1.29, 1.82) is 0 Å². The van der Waals surface area contributed by atoms with Crippen LogP contribution < -0.4 is 18.9 Å². The van der Waals surface area contributed by atoms with Gasteiger partial charge in [-0.15, -0.1) is 11.3 Å². The van der Waals surface area contributed by atoms with Gasteiger partial charge in [0.05, 0.1) is 31.3 Å². The third-order valence-electron chi connectivity index (χ3n) is 6.60. The second-order valence-electron chi connectivity index (χ2n) is 9.32. The van der Waals surface area contributed by atoms with Crippen molar-refractivity contribution in [3.63, 3.8) is 0 Å². The van der Waals surface area contributed by atoms with E-state index in [4.69, 9.17) is 42.8 Å². The molecule has 7 nitrogen and oxygen atoms in total. The summed E-state index contributed by atoms with van der Waals surface area (Å²) in [4.78, 5) is 28.6. The number of thioether (sulfide) groups is 1. The minimum atomic E-state index is -0.569. The second-order valence-corrected chi connectivity index (χ2v) is 12.4. The predicted molar refractivity (Wildman–Crippen MR) is 173 cm³/mol. The molecule has 5 rings (SSSR count). The van der Waals surface area contributed by atoms with Crippen LogP contribution in [0.15, 0.2) is 59.5 Å². The van der Waals surface area contributed by atoms with E-state index in [1.807, 2.05) is 43.3 Å². The Morgan fingerprint density at radius 3 is 2.40 bits per heavy atom. The molecule has 42 heavy (non-hydrogen) atoms. The first-order valence-electron chi connectivity index (χ1n) is 12.8. The minimum absolute atomic E-state index is 0.172. The highest BCUT2D eigenvalue weighted by Crippen LogP contribution is 2.39. The molecule has 0 atom stereocenters. The number of methoxy groups -OCH3 is 3. The van der Waals surface area contributed by atoms with Gasteiger partial charge < -0.3 is 18.9 Å². The van der Waals surface area contributed by atoms with E-state index in [-0.39, 0.29) is 11.7 Å². The van der Waals surface area contributed by atoms with Crippen molar-refractivity contribution in [2.24, 2.45) is 0 Å². The molecule has 0 bridgehead atoms. The molecule has 0 saturated carbocycles. The summed E-state index contributed by atoms with van der Waals surface area (Å²) in [6.07, 6.45) is 2.34. The lowest BCUT2D eigenvalue weighted by molar-refractivity contribution is -0.122. The molecular weight excluding hydrogens is 614 g/mol. The highest BCUT2D eigenvalue weighted by molar-refractivity contribution is 8.26. The van der Waals surface area contributed by atoms with Gasteiger partial charge in [-0.1, -0.05) is 59.8 Å². The summed E-state index contributed by atoms with van der Waals surface area (Å²) in [7, 11) is 4.66. The van der Waals surface area contributed by atoms with Crippen LogP contribution in [0.25, 0.3) is 16.2 Å². The predicted octanol–water partition coefficient (Wildman–Crippen LogP) is 7.55. The van der Waals surface area contributed by atoms with Crippen molar-refractivity contribution in [2.75, 3.05) is 27.9 Å². The maximum Gasteiger partial charge on any atom is 0.355 e. The number of halogens is 1. The number of rotatable bonds is 9. The lowest BCUT2D eigenvalue weighted by Gasteiger charge is -2.15. The van der Waals surface area contributed by atoms with Crippen molar-refractivity contribution in [3.8, 4) is 23.0 Å². The van der Waals surface area contributed by atoms with Gasteiger partial charge in [-0.3, -0.25) is 9.69 Å². The number of thiocarbonyl (C=S) groups is 1. The van der Waals surface area contributed by atoms with E-state index in [1.54, 1.807) is 43.4 Å². The molecule has 3 aromatic carbocycles. The zero-order valence-corrected chi connectivity index (χ0v) is 26.4. The fourth-order valence-corrected chi connectivity index (χ4v) is 7.22. The highest BCUT2D eigenvalue weighted by Gasteiger charge is 2.32. The van der Waals surface area contributed by atoms with Gasteiger partial charge in [-0.25, -0.2) is 4.79 Å². The van der Waals surface area contributed by atoms with Crippen molar-refractivity contribution in [2.45, 2.75) is 13.3 Å². The summed E-state index contributed by atoms with van der Waals surface area (Å²) in [6, 6.07) is 16.6. The molecule has 11 heteroatoms. The largest absolute Gasteiger partial charge is 0.493 e. The molecule has 1 amide bonds. The molecule has 0 N–H and O–H groups in total. The number of carbonyl (C=O) groups excluding carboxylic acids is 2. The molecule has 1 aliphatic rings.